The summed E-state index contributed by atoms with van der Waals surface area (Å²) in [6.07, 6.45) is 0.0435. The summed E-state index contributed by atoms with van der Waals surface area (Å²) in [5.74, 6) is 1.97. The number of nitrogens with zero attached hydrogens (tertiary/aromatic N) is 2. The van der Waals surface area contributed by atoms with E-state index >= 15 is 0 Å². The molecule has 7 nitrogen and oxygen atoms in total. The Morgan fingerprint density at radius 1 is 1.07 bits per heavy atom. The Balaban J connectivity index is 1.72. The van der Waals surface area contributed by atoms with Gasteiger partial charge in [-0.15, -0.1) is 0 Å². The molecule has 8 heteroatoms. The normalized spacial score (nSPS) is 12.0. The maximum atomic E-state index is 13.1. The van der Waals surface area contributed by atoms with E-state index in [1.807, 2.05) is 20.8 Å². The second-order valence-corrected chi connectivity index (χ2v) is 6.46. The summed E-state index contributed by atoms with van der Waals surface area (Å²) in [6, 6.07) is 11.6. The Kier molecular flexibility index (Phi) is 5.44. The molecule has 1 aromatic carbocycles. The standard InChI is InChI=1S/C19H23FN6O/c1-11(2)27-18-10-17(25-26-18)24-19-15(21)8-9-16(23-19)22-12(3)13-4-6-14(20)7-5-13/h4-12H,21H2,1-3H3,(H3,22,23,24,25,26)/t12-/m0/s1. The van der Waals surface area contributed by atoms with Crippen molar-refractivity contribution in [2.24, 2.45) is 0 Å². The number of nitrogen functional groups attached to an aromatic ring is 1. The van der Waals surface area contributed by atoms with Crippen LogP contribution in [0.15, 0.2) is 42.5 Å². The summed E-state index contributed by atoms with van der Waals surface area (Å²) in [4.78, 5) is 4.50. The highest BCUT2D eigenvalue weighted by Gasteiger charge is 2.10. The van der Waals surface area contributed by atoms with Gasteiger partial charge in [0.15, 0.2) is 11.6 Å². The molecule has 0 spiro atoms. The summed E-state index contributed by atoms with van der Waals surface area (Å²) in [5, 5.41) is 13.3. The van der Waals surface area contributed by atoms with E-state index in [9.17, 15) is 4.39 Å². The fourth-order valence-corrected chi connectivity index (χ4v) is 2.51. The molecule has 0 radical (unpaired) electrons. The average molecular weight is 370 g/mol. The van der Waals surface area contributed by atoms with Crippen molar-refractivity contribution in [2.75, 3.05) is 16.4 Å². The van der Waals surface area contributed by atoms with Gasteiger partial charge in [-0.2, -0.15) is 5.10 Å². The molecule has 3 rings (SSSR count). The second kappa shape index (κ2) is 7.94. The molecule has 1 atom stereocenters. The number of aromatic nitrogens is 3. The lowest BCUT2D eigenvalue weighted by Gasteiger charge is -2.16. The monoisotopic (exact) mass is 370 g/mol. The minimum atomic E-state index is -0.261. The number of nitrogens with one attached hydrogen (secondary N) is 3. The Bertz CT molecular complexity index is 893. The van der Waals surface area contributed by atoms with Crippen molar-refractivity contribution >= 4 is 23.1 Å². The number of hydrogen-bond acceptors (Lipinski definition) is 6. The van der Waals surface area contributed by atoms with E-state index in [2.05, 4.69) is 25.8 Å². The van der Waals surface area contributed by atoms with Crippen LogP contribution in [0.25, 0.3) is 0 Å². The lowest BCUT2D eigenvalue weighted by Crippen LogP contribution is -2.09. The van der Waals surface area contributed by atoms with E-state index in [0.29, 0.717) is 29.0 Å². The van der Waals surface area contributed by atoms with Gasteiger partial charge in [0.05, 0.1) is 11.8 Å². The van der Waals surface area contributed by atoms with Crippen LogP contribution in [0.5, 0.6) is 5.88 Å². The van der Waals surface area contributed by atoms with Crippen molar-refractivity contribution in [3.05, 3.63) is 53.8 Å². The number of aromatic amines is 1. The van der Waals surface area contributed by atoms with Gasteiger partial charge in [0.1, 0.15) is 11.6 Å². The van der Waals surface area contributed by atoms with Crippen molar-refractivity contribution in [2.45, 2.75) is 32.9 Å². The number of anilines is 4. The quantitative estimate of drug-likeness (QED) is 0.496. The fraction of sp³-hybridized carbons (Fsp3) is 0.263. The topological polar surface area (TPSA) is 101 Å². The molecule has 3 aromatic rings. The van der Waals surface area contributed by atoms with E-state index in [1.54, 1.807) is 30.3 Å². The lowest BCUT2D eigenvalue weighted by atomic mass is 10.1. The lowest BCUT2D eigenvalue weighted by molar-refractivity contribution is 0.232. The maximum Gasteiger partial charge on any atom is 0.211 e. The van der Waals surface area contributed by atoms with Crippen LogP contribution in [0.1, 0.15) is 32.4 Å². The predicted octanol–water partition coefficient (Wildman–Crippen LogP) is 4.23. The third-order valence-electron chi connectivity index (χ3n) is 3.82. The summed E-state index contributed by atoms with van der Waals surface area (Å²) in [6.45, 7) is 5.84. The van der Waals surface area contributed by atoms with Crippen LogP contribution < -0.4 is 21.1 Å². The number of pyridine rings is 1. The van der Waals surface area contributed by atoms with E-state index in [4.69, 9.17) is 10.5 Å². The molecule has 2 aromatic heterocycles. The van der Waals surface area contributed by atoms with Crippen molar-refractivity contribution in [3.8, 4) is 5.88 Å². The van der Waals surface area contributed by atoms with Crippen molar-refractivity contribution in [1.82, 2.24) is 15.2 Å². The van der Waals surface area contributed by atoms with Crippen LogP contribution in [0.2, 0.25) is 0 Å². The largest absolute Gasteiger partial charge is 0.475 e. The number of ether oxygens (including phenoxy) is 1. The second-order valence-electron chi connectivity index (χ2n) is 6.46. The van der Waals surface area contributed by atoms with Gasteiger partial charge in [-0.3, -0.25) is 0 Å². The highest BCUT2D eigenvalue weighted by molar-refractivity contribution is 5.69. The molecule has 0 aliphatic heterocycles. The molecule has 27 heavy (non-hydrogen) atoms. The first-order valence-electron chi connectivity index (χ1n) is 8.68. The average Bonchev–Trinajstić information content (AvgIpc) is 3.04. The summed E-state index contributed by atoms with van der Waals surface area (Å²) in [7, 11) is 0. The first-order chi connectivity index (χ1) is 12.9. The van der Waals surface area contributed by atoms with Gasteiger partial charge in [0.25, 0.3) is 0 Å². The number of benzene rings is 1. The first-order valence-corrected chi connectivity index (χ1v) is 8.68. The number of halogens is 1. The van der Waals surface area contributed by atoms with E-state index in [0.717, 1.165) is 5.56 Å². The molecule has 0 amide bonds. The Labute approximate surface area is 157 Å². The number of rotatable bonds is 7. The van der Waals surface area contributed by atoms with E-state index < -0.39 is 0 Å². The first kappa shape index (κ1) is 18.5. The van der Waals surface area contributed by atoms with Gasteiger partial charge in [-0.25, -0.2) is 14.5 Å². The van der Waals surface area contributed by atoms with Crippen LogP contribution >= 0.6 is 0 Å². The molecular formula is C19H23FN6O. The van der Waals surface area contributed by atoms with Crippen molar-refractivity contribution in [3.63, 3.8) is 0 Å². The minimum absolute atomic E-state index is 0.0435. The highest BCUT2D eigenvalue weighted by Crippen LogP contribution is 2.26. The molecule has 2 heterocycles. The van der Waals surface area contributed by atoms with Gasteiger partial charge in [-0.1, -0.05) is 12.1 Å². The third kappa shape index (κ3) is 4.87. The zero-order valence-electron chi connectivity index (χ0n) is 15.5. The molecule has 5 N–H and O–H groups in total. The van der Waals surface area contributed by atoms with Crippen LogP contribution in [-0.4, -0.2) is 21.3 Å². The fourth-order valence-electron chi connectivity index (χ4n) is 2.51. The molecule has 0 fully saturated rings. The minimum Gasteiger partial charge on any atom is -0.475 e. The van der Waals surface area contributed by atoms with Crippen LogP contribution in [0, 0.1) is 5.82 Å². The molecular weight excluding hydrogens is 347 g/mol. The maximum absolute atomic E-state index is 13.1. The zero-order valence-corrected chi connectivity index (χ0v) is 15.5. The highest BCUT2D eigenvalue weighted by atomic mass is 19.1. The molecule has 0 saturated heterocycles. The van der Waals surface area contributed by atoms with Gasteiger partial charge in [0, 0.05) is 12.1 Å². The van der Waals surface area contributed by atoms with Gasteiger partial charge in [0.2, 0.25) is 5.88 Å². The van der Waals surface area contributed by atoms with E-state index in [-0.39, 0.29) is 18.0 Å². The Morgan fingerprint density at radius 2 is 1.81 bits per heavy atom. The molecule has 0 aliphatic carbocycles. The molecule has 0 bridgehead atoms. The van der Waals surface area contributed by atoms with Crippen molar-refractivity contribution < 1.29 is 9.13 Å². The molecule has 0 saturated carbocycles. The zero-order chi connectivity index (χ0) is 19.4. The van der Waals surface area contributed by atoms with Crippen LogP contribution in [-0.2, 0) is 0 Å². The van der Waals surface area contributed by atoms with Crippen molar-refractivity contribution in [1.29, 1.82) is 0 Å². The SMILES string of the molecule is CC(C)Oc1cc(Nc2nc(N[C@@H](C)c3ccc(F)cc3)ccc2N)n[nH]1. The number of nitrogens with two attached hydrogens (primary N) is 1. The molecule has 0 aliphatic rings. The molecule has 0 unspecified atom stereocenters. The smallest absolute Gasteiger partial charge is 0.211 e. The van der Waals surface area contributed by atoms with Gasteiger partial charge >= 0.3 is 0 Å². The number of H-pyrrole nitrogens is 1. The van der Waals surface area contributed by atoms with Crippen LogP contribution in [0.4, 0.5) is 27.5 Å². The Morgan fingerprint density at radius 3 is 2.52 bits per heavy atom. The van der Waals surface area contributed by atoms with Gasteiger partial charge in [-0.05, 0) is 50.6 Å². The molecule has 142 valence electrons. The van der Waals surface area contributed by atoms with Gasteiger partial charge < -0.3 is 21.1 Å². The number of hydrogen-bond donors (Lipinski definition) is 4. The Hall–Kier alpha value is -3.29. The summed E-state index contributed by atoms with van der Waals surface area (Å²) >= 11 is 0. The predicted molar refractivity (Wildman–Crippen MR) is 105 cm³/mol. The third-order valence-corrected chi connectivity index (χ3v) is 3.82. The van der Waals surface area contributed by atoms with Crippen LogP contribution in [0.3, 0.4) is 0 Å². The summed E-state index contributed by atoms with van der Waals surface area (Å²) in [5.41, 5.74) is 7.46. The summed E-state index contributed by atoms with van der Waals surface area (Å²) < 4.78 is 18.6. The van der Waals surface area contributed by atoms with E-state index in [1.165, 1.54) is 12.1 Å².